The molecule has 1 fully saturated rings. The molecule has 1 rings (SSSR count). The summed E-state index contributed by atoms with van der Waals surface area (Å²) in [5, 5.41) is 6.63. The van der Waals surface area contributed by atoms with Gasteiger partial charge >= 0.3 is 0 Å². The van der Waals surface area contributed by atoms with Crippen LogP contribution in [0.5, 0.6) is 0 Å². The fraction of sp³-hybridized carbons (Fsp3) is 0.818. The van der Waals surface area contributed by atoms with E-state index in [1.165, 1.54) is 0 Å². The number of amides is 1. The van der Waals surface area contributed by atoms with E-state index in [4.69, 9.17) is 17.0 Å². The lowest BCUT2D eigenvalue weighted by Gasteiger charge is -2.34. The molecule has 0 bridgehead atoms. The maximum atomic E-state index is 11.5. The van der Waals surface area contributed by atoms with Crippen LogP contribution in [0.2, 0.25) is 0 Å². The molecule has 1 aliphatic rings. The van der Waals surface area contributed by atoms with Crippen LogP contribution < -0.4 is 10.6 Å². The summed E-state index contributed by atoms with van der Waals surface area (Å²) >= 11 is 5.28. The van der Waals surface area contributed by atoms with Crippen LogP contribution in [0.4, 0.5) is 0 Å². The Bertz CT molecular complexity index is 273. The number of hydrogen-bond acceptors (Lipinski definition) is 3. The summed E-state index contributed by atoms with van der Waals surface area (Å²) in [6, 6.07) is -0.185. The van der Waals surface area contributed by atoms with E-state index in [0.29, 0.717) is 11.7 Å². The van der Waals surface area contributed by atoms with Gasteiger partial charge < -0.3 is 20.3 Å². The van der Waals surface area contributed by atoms with Gasteiger partial charge in [0.25, 0.3) is 0 Å². The zero-order valence-corrected chi connectivity index (χ0v) is 11.3. The van der Waals surface area contributed by atoms with Crippen LogP contribution in [0, 0.1) is 0 Å². The van der Waals surface area contributed by atoms with E-state index in [1.54, 1.807) is 0 Å². The van der Waals surface area contributed by atoms with Gasteiger partial charge in [-0.3, -0.25) is 4.79 Å². The number of ether oxygens (including phenoxy) is 1. The highest BCUT2D eigenvalue weighted by Gasteiger charge is 2.26. The van der Waals surface area contributed by atoms with E-state index >= 15 is 0 Å². The molecule has 5 nitrogen and oxygen atoms in total. The smallest absolute Gasteiger partial charge is 0.242 e. The van der Waals surface area contributed by atoms with Crippen molar-refractivity contribution in [1.29, 1.82) is 0 Å². The van der Waals surface area contributed by atoms with Crippen molar-refractivity contribution in [3.8, 4) is 0 Å². The Morgan fingerprint density at radius 2 is 2.47 bits per heavy atom. The first-order chi connectivity index (χ1) is 8.16. The van der Waals surface area contributed by atoms with Crippen molar-refractivity contribution >= 4 is 23.2 Å². The molecule has 1 atom stereocenters. The first-order valence-corrected chi connectivity index (χ1v) is 6.47. The summed E-state index contributed by atoms with van der Waals surface area (Å²) in [5.74, 6) is 0.0368. The molecule has 6 heteroatoms. The lowest BCUT2D eigenvalue weighted by molar-refractivity contribution is -0.126. The first-order valence-electron chi connectivity index (χ1n) is 6.06. The van der Waals surface area contributed by atoms with Gasteiger partial charge in [-0.25, -0.2) is 0 Å². The molecule has 0 aromatic rings. The van der Waals surface area contributed by atoms with E-state index in [2.05, 4.69) is 10.6 Å². The molecule has 0 radical (unpaired) electrons. The first kappa shape index (κ1) is 14.2. The van der Waals surface area contributed by atoms with E-state index in [0.717, 1.165) is 32.7 Å². The highest BCUT2D eigenvalue weighted by Crippen LogP contribution is 2.04. The second-order valence-corrected chi connectivity index (χ2v) is 4.33. The molecule has 0 saturated carbocycles. The Balaban J connectivity index is 2.24. The fourth-order valence-electron chi connectivity index (χ4n) is 1.68. The van der Waals surface area contributed by atoms with Crippen molar-refractivity contribution in [3.63, 3.8) is 0 Å². The molecule has 1 amide bonds. The maximum Gasteiger partial charge on any atom is 0.242 e. The molecule has 0 spiro atoms. The van der Waals surface area contributed by atoms with Crippen LogP contribution in [0.3, 0.4) is 0 Å². The molecule has 2 N–H and O–H groups in total. The van der Waals surface area contributed by atoms with Crippen molar-refractivity contribution < 1.29 is 9.53 Å². The number of carbonyl (C=O) groups excluding carboxylic acids is 1. The molecular formula is C11H21N3O2S. The van der Waals surface area contributed by atoms with E-state index in [-0.39, 0.29) is 11.9 Å². The number of rotatable bonds is 5. The highest BCUT2D eigenvalue weighted by molar-refractivity contribution is 7.80. The van der Waals surface area contributed by atoms with Crippen LogP contribution in [0.1, 0.15) is 20.3 Å². The third-order valence-electron chi connectivity index (χ3n) is 2.71. The Morgan fingerprint density at radius 3 is 3.18 bits per heavy atom. The Kier molecular flexibility index (Phi) is 6.21. The number of nitrogens with zero attached hydrogens (tertiary/aromatic N) is 1. The predicted octanol–water partition coefficient (Wildman–Crippen LogP) is 0.108. The molecule has 98 valence electrons. The Labute approximate surface area is 108 Å². The van der Waals surface area contributed by atoms with Crippen molar-refractivity contribution in [2.24, 2.45) is 0 Å². The number of thiocarbonyl (C=S) groups is 1. The Hall–Kier alpha value is -0.880. The molecular weight excluding hydrogens is 238 g/mol. The van der Waals surface area contributed by atoms with Gasteiger partial charge in [-0.05, 0) is 32.5 Å². The molecule has 0 aromatic carbocycles. The third kappa shape index (κ3) is 4.47. The number of hydrogen-bond donors (Lipinski definition) is 2. The summed E-state index contributed by atoms with van der Waals surface area (Å²) in [5.41, 5.74) is 0. The van der Waals surface area contributed by atoms with E-state index in [1.807, 2.05) is 18.7 Å². The van der Waals surface area contributed by atoms with Crippen LogP contribution in [-0.2, 0) is 9.53 Å². The lowest BCUT2D eigenvalue weighted by Crippen LogP contribution is -2.58. The summed E-state index contributed by atoms with van der Waals surface area (Å²) in [4.78, 5) is 13.4. The van der Waals surface area contributed by atoms with Crippen molar-refractivity contribution in [1.82, 2.24) is 15.5 Å². The Morgan fingerprint density at radius 1 is 1.71 bits per heavy atom. The van der Waals surface area contributed by atoms with Gasteiger partial charge in [-0.15, -0.1) is 0 Å². The topological polar surface area (TPSA) is 53.6 Å². The van der Waals surface area contributed by atoms with Crippen molar-refractivity contribution in [3.05, 3.63) is 0 Å². The monoisotopic (exact) mass is 259 g/mol. The molecule has 1 aliphatic heterocycles. The number of carbonyl (C=O) groups is 1. The molecule has 1 saturated heterocycles. The predicted molar refractivity (Wildman–Crippen MR) is 70.9 cm³/mol. The van der Waals surface area contributed by atoms with E-state index in [9.17, 15) is 4.79 Å². The largest absolute Gasteiger partial charge is 0.382 e. The van der Waals surface area contributed by atoms with Gasteiger partial charge in [-0.2, -0.15) is 0 Å². The second-order valence-electron chi connectivity index (χ2n) is 3.94. The lowest BCUT2D eigenvalue weighted by atomic mass is 10.2. The minimum atomic E-state index is -0.185. The average Bonchev–Trinajstić information content (AvgIpc) is 2.32. The van der Waals surface area contributed by atoms with Gasteiger partial charge in [0.15, 0.2) is 5.11 Å². The van der Waals surface area contributed by atoms with Gasteiger partial charge in [0.1, 0.15) is 6.04 Å². The normalized spacial score (nSPS) is 20.0. The third-order valence-corrected chi connectivity index (χ3v) is 3.08. The summed E-state index contributed by atoms with van der Waals surface area (Å²) in [6.07, 6.45) is 0.919. The minimum absolute atomic E-state index is 0.0368. The standard InChI is InChI=1S/C11H21N3O2S/c1-3-16-8-4-5-13-11(17)14-7-6-12-10(15)9(14)2/h9H,3-8H2,1-2H3,(H,12,15)(H,13,17). The van der Waals surface area contributed by atoms with Crippen LogP contribution in [-0.4, -0.2) is 54.8 Å². The summed E-state index contributed by atoms with van der Waals surface area (Å²) < 4.78 is 5.24. The van der Waals surface area contributed by atoms with Crippen molar-refractivity contribution in [2.45, 2.75) is 26.3 Å². The van der Waals surface area contributed by atoms with Gasteiger partial charge in [-0.1, -0.05) is 0 Å². The maximum absolute atomic E-state index is 11.5. The van der Waals surface area contributed by atoms with E-state index < -0.39 is 0 Å². The zero-order valence-electron chi connectivity index (χ0n) is 10.5. The zero-order chi connectivity index (χ0) is 12.7. The fourth-order valence-corrected chi connectivity index (χ4v) is 2.03. The molecule has 0 aromatic heterocycles. The van der Waals surface area contributed by atoms with Gasteiger partial charge in [0, 0.05) is 32.8 Å². The quantitative estimate of drug-likeness (QED) is 0.542. The molecule has 1 unspecified atom stereocenters. The average molecular weight is 259 g/mol. The minimum Gasteiger partial charge on any atom is -0.382 e. The van der Waals surface area contributed by atoms with Crippen molar-refractivity contribution in [2.75, 3.05) is 32.8 Å². The SMILES string of the molecule is CCOCCCNC(=S)N1CCNC(=O)C1C. The molecule has 1 heterocycles. The van der Waals surface area contributed by atoms with Crippen LogP contribution in [0.25, 0.3) is 0 Å². The number of piperazine rings is 1. The summed E-state index contributed by atoms with van der Waals surface area (Å²) in [6.45, 7) is 7.53. The molecule has 0 aliphatic carbocycles. The molecule has 17 heavy (non-hydrogen) atoms. The second kappa shape index (κ2) is 7.45. The van der Waals surface area contributed by atoms with Crippen LogP contribution >= 0.6 is 12.2 Å². The summed E-state index contributed by atoms with van der Waals surface area (Å²) in [7, 11) is 0. The van der Waals surface area contributed by atoms with Gasteiger partial charge in [0.05, 0.1) is 0 Å². The van der Waals surface area contributed by atoms with Gasteiger partial charge in [0.2, 0.25) is 5.91 Å². The number of nitrogens with one attached hydrogen (secondary N) is 2. The highest BCUT2D eigenvalue weighted by atomic mass is 32.1. The van der Waals surface area contributed by atoms with Crippen LogP contribution in [0.15, 0.2) is 0 Å².